The number of aromatic nitrogens is 3. The van der Waals surface area contributed by atoms with Crippen LogP contribution in [0.25, 0.3) is 6.08 Å². The normalized spacial score (nSPS) is 28.7. The summed E-state index contributed by atoms with van der Waals surface area (Å²) in [5.41, 5.74) is 2.14. The van der Waals surface area contributed by atoms with Gasteiger partial charge in [-0.15, -0.1) is 0 Å². The molecule has 2 bridgehead atoms. The minimum Gasteiger partial charge on any atom is -0.369 e. The Labute approximate surface area is 187 Å². The molecule has 4 fully saturated rings. The lowest BCUT2D eigenvalue weighted by Crippen LogP contribution is -2.71. The van der Waals surface area contributed by atoms with Gasteiger partial charge in [0.05, 0.1) is 23.5 Å². The smallest absolute Gasteiger partial charge is 0.230 e. The Kier molecular flexibility index (Phi) is 4.35. The van der Waals surface area contributed by atoms with E-state index in [1.807, 2.05) is 17.2 Å². The van der Waals surface area contributed by atoms with Gasteiger partial charge in [-0.25, -0.2) is 9.97 Å². The minimum absolute atomic E-state index is 0.0801. The van der Waals surface area contributed by atoms with Crippen molar-refractivity contribution in [3.8, 4) is 6.07 Å². The van der Waals surface area contributed by atoms with Crippen LogP contribution in [0.3, 0.4) is 0 Å². The summed E-state index contributed by atoms with van der Waals surface area (Å²) in [4.78, 5) is 20.3. The van der Waals surface area contributed by atoms with Gasteiger partial charge < -0.3 is 25.1 Å². The first-order valence-corrected chi connectivity index (χ1v) is 11.2. The number of rotatable bonds is 4. The van der Waals surface area contributed by atoms with Gasteiger partial charge in [-0.05, 0) is 50.4 Å². The molecule has 0 aromatic carbocycles. The van der Waals surface area contributed by atoms with Crippen molar-refractivity contribution in [3.63, 3.8) is 0 Å². The fraction of sp³-hybridized carbons (Fsp3) is 0.478. The molecule has 164 valence electrons. The highest BCUT2D eigenvalue weighted by atomic mass is 16.3. The van der Waals surface area contributed by atoms with Crippen LogP contribution in [0.4, 0.5) is 23.3 Å². The third kappa shape index (κ3) is 3.02. The quantitative estimate of drug-likeness (QED) is 0.753. The van der Waals surface area contributed by atoms with Crippen LogP contribution >= 0.6 is 0 Å². The number of likely N-dealkylation sites (N-methyl/N-ethyl adjacent to an activating group) is 1. The molecule has 9 heteroatoms. The number of anilines is 4. The highest BCUT2D eigenvalue weighted by Gasteiger charge is 2.62. The molecule has 2 aliphatic heterocycles. The number of nitrogens with one attached hydrogen (secondary N) is 1. The average molecular weight is 431 g/mol. The number of pyridine rings is 1. The Hall–Kier alpha value is -3.22. The van der Waals surface area contributed by atoms with Crippen molar-refractivity contribution in [1.29, 1.82) is 5.26 Å². The highest BCUT2D eigenvalue weighted by Crippen LogP contribution is 2.62. The predicted octanol–water partition coefficient (Wildman–Crippen LogP) is 1.96. The molecule has 0 spiro atoms. The van der Waals surface area contributed by atoms with Crippen LogP contribution in [-0.4, -0.2) is 70.0 Å². The van der Waals surface area contributed by atoms with Gasteiger partial charge in [-0.1, -0.05) is 0 Å². The van der Waals surface area contributed by atoms with Gasteiger partial charge >= 0.3 is 0 Å². The number of piperazine rings is 1. The van der Waals surface area contributed by atoms with E-state index >= 15 is 0 Å². The van der Waals surface area contributed by atoms with Crippen molar-refractivity contribution in [3.05, 3.63) is 35.7 Å². The van der Waals surface area contributed by atoms with Crippen molar-refractivity contribution < 1.29 is 5.11 Å². The summed E-state index contributed by atoms with van der Waals surface area (Å²) in [7, 11) is 2.14. The standard InChI is InChI=1S/C23H26N8O/c1-29-4-6-30(7-5-29)18-2-3-19(25-14-18)27-22-26-13-17-8-16(12-24)21(32)31(20(17)28-22)23-9-15(10-23)11-23/h2-3,8,13-15,21,32H,4-7,9-11H2,1H3,(H,25,26,27,28). The molecule has 2 aromatic rings. The molecule has 3 saturated carbocycles. The number of aliphatic hydroxyl groups excluding tert-OH is 1. The van der Waals surface area contributed by atoms with Crippen LogP contribution < -0.4 is 15.1 Å². The molecule has 1 saturated heterocycles. The summed E-state index contributed by atoms with van der Waals surface area (Å²) in [5, 5.41) is 23.6. The Bertz CT molecular complexity index is 1100. The van der Waals surface area contributed by atoms with Crippen molar-refractivity contribution in [2.45, 2.75) is 31.0 Å². The summed E-state index contributed by atoms with van der Waals surface area (Å²) in [6.07, 6.45) is 7.46. The first kappa shape index (κ1) is 19.5. The molecule has 32 heavy (non-hydrogen) atoms. The lowest BCUT2D eigenvalue weighted by Gasteiger charge is -2.67. The van der Waals surface area contributed by atoms with E-state index in [4.69, 9.17) is 4.98 Å². The lowest BCUT2D eigenvalue weighted by molar-refractivity contribution is -0.0476. The Balaban J connectivity index is 1.24. The molecule has 2 N–H and O–H groups in total. The third-order valence-electron chi connectivity index (χ3n) is 7.36. The van der Waals surface area contributed by atoms with Gasteiger partial charge in [0.2, 0.25) is 5.95 Å². The van der Waals surface area contributed by atoms with Crippen molar-refractivity contribution in [1.82, 2.24) is 19.9 Å². The SMILES string of the molecule is CN1CCN(c2ccc(Nc3ncc4c(n3)N(C35CC(C3)C5)C(O)C(C#N)=C4)nc2)CC1. The molecule has 4 heterocycles. The summed E-state index contributed by atoms with van der Waals surface area (Å²) in [6.45, 7) is 4.10. The molecular weight excluding hydrogens is 404 g/mol. The zero-order valence-electron chi connectivity index (χ0n) is 18.1. The predicted molar refractivity (Wildman–Crippen MR) is 121 cm³/mol. The number of aliphatic hydroxyl groups is 1. The van der Waals surface area contributed by atoms with E-state index in [0.29, 0.717) is 23.2 Å². The van der Waals surface area contributed by atoms with Crippen molar-refractivity contribution >= 4 is 29.3 Å². The number of hydrogen-bond donors (Lipinski definition) is 2. The molecule has 3 aliphatic carbocycles. The molecule has 0 amide bonds. The van der Waals surface area contributed by atoms with E-state index in [0.717, 1.165) is 62.6 Å². The maximum Gasteiger partial charge on any atom is 0.230 e. The molecule has 1 unspecified atom stereocenters. The molecule has 5 aliphatic rings. The molecule has 2 aromatic heterocycles. The van der Waals surface area contributed by atoms with Crippen molar-refractivity contribution in [2.75, 3.05) is 48.3 Å². The van der Waals surface area contributed by atoms with E-state index < -0.39 is 6.23 Å². The second-order valence-corrected chi connectivity index (χ2v) is 9.45. The van der Waals surface area contributed by atoms with Gasteiger partial charge in [-0.3, -0.25) is 0 Å². The maximum absolute atomic E-state index is 10.9. The second kappa shape index (κ2) is 7.15. The second-order valence-electron chi connectivity index (χ2n) is 9.45. The molecule has 7 rings (SSSR count). The lowest BCUT2D eigenvalue weighted by atomic mass is 9.48. The fourth-order valence-electron chi connectivity index (χ4n) is 5.36. The zero-order chi connectivity index (χ0) is 21.9. The van der Waals surface area contributed by atoms with Crippen LogP contribution in [0, 0.1) is 17.2 Å². The molecule has 1 atom stereocenters. The van der Waals surface area contributed by atoms with Crippen LogP contribution in [0.1, 0.15) is 24.8 Å². The van der Waals surface area contributed by atoms with Crippen LogP contribution in [-0.2, 0) is 0 Å². The number of fused-ring (bicyclic) bond motifs is 1. The first-order valence-electron chi connectivity index (χ1n) is 11.2. The topological polar surface area (TPSA) is 104 Å². The van der Waals surface area contributed by atoms with E-state index in [2.05, 4.69) is 44.3 Å². The zero-order valence-corrected chi connectivity index (χ0v) is 18.1. The summed E-state index contributed by atoms with van der Waals surface area (Å²) < 4.78 is 0. The minimum atomic E-state index is -0.961. The Morgan fingerprint density at radius 2 is 1.91 bits per heavy atom. The van der Waals surface area contributed by atoms with Crippen LogP contribution in [0.15, 0.2) is 30.1 Å². The maximum atomic E-state index is 10.9. The van der Waals surface area contributed by atoms with Gasteiger partial charge in [0.1, 0.15) is 11.6 Å². The summed E-state index contributed by atoms with van der Waals surface area (Å²) >= 11 is 0. The van der Waals surface area contributed by atoms with E-state index in [1.165, 1.54) is 0 Å². The molecule has 9 nitrogen and oxygen atoms in total. The fourth-order valence-corrected chi connectivity index (χ4v) is 5.36. The van der Waals surface area contributed by atoms with E-state index in [-0.39, 0.29) is 5.54 Å². The van der Waals surface area contributed by atoms with Crippen LogP contribution in [0.5, 0.6) is 0 Å². The molecular formula is C23H26N8O. The Morgan fingerprint density at radius 3 is 2.53 bits per heavy atom. The largest absolute Gasteiger partial charge is 0.369 e. The van der Waals surface area contributed by atoms with E-state index in [1.54, 1.807) is 12.3 Å². The van der Waals surface area contributed by atoms with Gasteiger partial charge in [-0.2, -0.15) is 10.2 Å². The van der Waals surface area contributed by atoms with Crippen LogP contribution in [0.2, 0.25) is 0 Å². The van der Waals surface area contributed by atoms with Gasteiger partial charge in [0, 0.05) is 43.5 Å². The van der Waals surface area contributed by atoms with Gasteiger partial charge in [0.25, 0.3) is 0 Å². The monoisotopic (exact) mass is 430 g/mol. The Morgan fingerprint density at radius 1 is 1.12 bits per heavy atom. The molecule has 0 radical (unpaired) electrons. The average Bonchev–Trinajstić information content (AvgIpc) is 2.74. The van der Waals surface area contributed by atoms with Gasteiger partial charge in [0.15, 0.2) is 6.23 Å². The third-order valence-corrected chi connectivity index (χ3v) is 7.36. The number of nitrogens with zero attached hydrogens (tertiary/aromatic N) is 7. The highest BCUT2D eigenvalue weighted by molar-refractivity contribution is 5.75. The first-order chi connectivity index (χ1) is 15.5. The number of hydrogen-bond acceptors (Lipinski definition) is 9. The summed E-state index contributed by atoms with van der Waals surface area (Å²) in [6, 6.07) is 6.14. The number of nitriles is 1. The summed E-state index contributed by atoms with van der Waals surface area (Å²) in [5.74, 6) is 2.52. The van der Waals surface area contributed by atoms with E-state index in [9.17, 15) is 10.4 Å². The van der Waals surface area contributed by atoms with Crippen molar-refractivity contribution in [2.24, 2.45) is 5.92 Å².